The molecule has 6 heteroatoms. The zero-order valence-electron chi connectivity index (χ0n) is 10.9. The van der Waals surface area contributed by atoms with Crippen LogP contribution in [0, 0.1) is 12.7 Å². The molecule has 0 aliphatic rings. The Kier molecular flexibility index (Phi) is 4.24. The molecule has 5 nitrogen and oxygen atoms in total. The summed E-state index contributed by atoms with van der Waals surface area (Å²) in [4.78, 5) is 18.9. The number of anilines is 1. The smallest absolute Gasteiger partial charge is 0.354 e. The molecule has 0 spiro atoms. The van der Waals surface area contributed by atoms with E-state index in [1.807, 2.05) is 0 Å². The van der Waals surface area contributed by atoms with Crippen molar-refractivity contribution in [3.05, 3.63) is 53.1 Å². The number of carboxylic acid groups (broad SMARTS) is 1. The third-order valence-corrected chi connectivity index (χ3v) is 2.68. The molecular weight excluding hydrogens is 261 g/mol. The summed E-state index contributed by atoms with van der Waals surface area (Å²) in [5.41, 5.74) is 1.52. The maximum atomic E-state index is 12.7. The topological polar surface area (TPSA) is 75.1 Å². The Balaban J connectivity index is 1.97. The number of benzene rings is 1. The van der Waals surface area contributed by atoms with Gasteiger partial charge in [0.25, 0.3) is 0 Å². The highest BCUT2D eigenvalue weighted by molar-refractivity contribution is 5.85. The van der Waals surface area contributed by atoms with E-state index in [4.69, 9.17) is 5.11 Å². The lowest BCUT2D eigenvalue weighted by molar-refractivity contribution is 0.0690. The summed E-state index contributed by atoms with van der Waals surface area (Å²) in [7, 11) is 0. The maximum absolute atomic E-state index is 12.7. The minimum absolute atomic E-state index is 0.0400. The van der Waals surface area contributed by atoms with Gasteiger partial charge in [-0.25, -0.2) is 19.2 Å². The van der Waals surface area contributed by atoms with Crippen LogP contribution in [0.15, 0.2) is 30.3 Å². The lowest BCUT2D eigenvalue weighted by Gasteiger charge is -2.06. The predicted octanol–water partition coefficient (Wildman–Crippen LogP) is 2.28. The zero-order chi connectivity index (χ0) is 14.5. The molecule has 1 aromatic carbocycles. The van der Waals surface area contributed by atoms with Crippen LogP contribution in [0.1, 0.15) is 21.7 Å². The Hall–Kier alpha value is -2.50. The highest BCUT2D eigenvalue weighted by Gasteiger charge is 2.08. The van der Waals surface area contributed by atoms with Gasteiger partial charge in [-0.1, -0.05) is 12.1 Å². The van der Waals surface area contributed by atoms with Crippen molar-refractivity contribution in [2.45, 2.75) is 13.3 Å². The van der Waals surface area contributed by atoms with Crippen molar-refractivity contribution in [1.29, 1.82) is 0 Å². The summed E-state index contributed by atoms with van der Waals surface area (Å²) in [6, 6.07) is 7.63. The van der Waals surface area contributed by atoms with Crippen LogP contribution in [-0.4, -0.2) is 27.6 Å². The van der Waals surface area contributed by atoms with Gasteiger partial charge in [0.2, 0.25) is 5.95 Å². The molecule has 104 valence electrons. The van der Waals surface area contributed by atoms with Crippen LogP contribution in [0.5, 0.6) is 0 Å². The quantitative estimate of drug-likeness (QED) is 0.875. The molecule has 0 aliphatic heterocycles. The Morgan fingerprint density at radius 2 is 2.00 bits per heavy atom. The second kappa shape index (κ2) is 6.10. The van der Waals surface area contributed by atoms with Gasteiger partial charge in [-0.2, -0.15) is 0 Å². The second-order valence-corrected chi connectivity index (χ2v) is 4.33. The molecule has 1 aromatic heterocycles. The van der Waals surface area contributed by atoms with Crippen LogP contribution in [0.25, 0.3) is 0 Å². The number of aryl methyl sites for hydroxylation is 1. The molecule has 0 saturated carbocycles. The molecule has 0 atom stereocenters. The summed E-state index contributed by atoms with van der Waals surface area (Å²) in [6.45, 7) is 2.24. The van der Waals surface area contributed by atoms with Crippen LogP contribution < -0.4 is 5.32 Å². The number of nitrogens with one attached hydrogen (secondary N) is 1. The highest BCUT2D eigenvalue weighted by Crippen LogP contribution is 2.07. The minimum Gasteiger partial charge on any atom is -0.477 e. The third-order valence-electron chi connectivity index (χ3n) is 2.68. The van der Waals surface area contributed by atoms with Crippen molar-refractivity contribution in [2.24, 2.45) is 0 Å². The minimum atomic E-state index is -1.09. The van der Waals surface area contributed by atoms with Gasteiger partial charge in [-0.15, -0.1) is 0 Å². The van der Waals surface area contributed by atoms with Crippen LogP contribution in [-0.2, 0) is 6.42 Å². The van der Waals surface area contributed by atoms with E-state index in [0.29, 0.717) is 18.7 Å². The fourth-order valence-electron chi connectivity index (χ4n) is 1.73. The average Bonchev–Trinajstić information content (AvgIpc) is 2.40. The van der Waals surface area contributed by atoms with Crippen LogP contribution in [0.3, 0.4) is 0 Å². The van der Waals surface area contributed by atoms with Gasteiger partial charge in [0.05, 0.1) is 0 Å². The van der Waals surface area contributed by atoms with E-state index in [1.165, 1.54) is 18.2 Å². The zero-order valence-corrected chi connectivity index (χ0v) is 10.9. The number of aromatic nitrogens is 2. The fourth-order valence-corrected chi connectivity index (χ4v) is 1.73. The Labute approximate surface area is 115 Å². The first-order valence-electron chi connectivity index (χ1n) is 6.12. The van der Waals surface area contributed by atoms with Gasteiger partial charge in [-0.05, 0) is 37.1 Å². The SMILES string of the molecule is Cc1cc(C(=O)O)nc(NCCc2ccc(F)cc2)n1. The first-order valence-corrected chi connectivity index (χ1v) is 6.12. The molecule has 0 aliphatic carbocycles. The number of aromatic carboxylic acids is 1. The molecule has 0 amide bonds. The van der Waals surface area contributed by atoms with Crippen molar-refractivity contribution >= 4 is 11.9 Å². The van der Waals surface area contributed by atoms with E-state index < -0.39 is 5.97 Å². The van der Waals surface area contributed by atoms with Crippen LogP contribution >= 0.6 is 0 Å². The van der Waals surface area contributed by atoms with Crippen molar-refractivity contribution < 1.29 is 14.3 Å². The second-order valence-electron chi connectivity index (χ2n) is 4.33. The summed E-state index contributed by atoms with van der Waals surface area (Å²) in [5, 5.41) is 11.9. The molecule has 20 heavy (non-hydrogen) atoms. The van der Waals surface area contributed by atoms with Crippen molar-refractivity contribution in [1.82, 2.24) is 9.97 Å². The summed E-state index contributed by atoms with van der Waals surface area (Å²) < 4.78 is 12.7. The van der Waals surface area contributed by atoms with E-state index in [1.54, 1.807) is 19.1 Å². The van der Waals surface area contributed by atoms with Gasteiger partial charge in [0, 0.05) is 12.2 Å². The number of carboxylic acids is 1. The van der Waals surface area contributed by atoms with E-state index >= 15 is 0 Å². The molecule has 0 fully saturated rings. The van der Waals surface area contributed by atoms with E-state index in [0.717, 1.165) is 5.56 Å². The van der Waals surface area contributed by atoms with Crippen LogP contribution in [0.2, 0.25) is 0 Å². The molecule has 0 radical (unpaired) electrons. The highest BCUT2D eigenvalue weighted by atomic mass is 19.1. The Morgan fingerprint density at radius 3 is 2.65 bits per heavy atom. The summed E-state index contributed by atoms with van der Waals surface area (Å²) >= 11 is 0. The van der Waals surface area contributed by atoms with Gasteiger partial charge < -0.3 is 10.4 Å². The molecule has 2 rings (SSSR count). The molecule has 0 unspecified atom stereocenters. The summed E-state index contributed by atoms with van der Waals surface area (Å²) in [6.07, 6.45) is 0.667. The average molecular weight is 275 g/mol. The molecule has 2 aromatic rings. The number of hydrogen-bond acceptors (Lipinski definition) is 4. The molecule has 1 heterocycles. The van der Waals surface area contributed by atoms with E-state index in [9.17, 15) is 9.18 Å². The Bertz CT molecular complexity index is 614. The molecule has 0 saturated heterocycles. The maximum Gasteiger partial charge on any atom is 0.354 e. The molecule has 2 N–H and O–H groups in total. The standard InChI is InChI=1S/C14H14FN3O2/c1-9-8-12(13(19)20)18-14(17-9)16-7-6-10-2-4-11(15)5-3-10/h2-5,8H,6-7H2,1H3,(H,19,20)(H,16,17,18). The van der Waals surface area contributed by atoms with Crippen molar-refractivity contribution in [3.8, 4) is 0 Å². The van der Waals surface area contributed by atoms with Gasteiger partial charge in [-0.3, -0.25) is 0 Å². The van der Waals surface area contributed by atoms with Crippen molar-refractivity contribution in [2.75, 3.05) is 11.9 Å². The predicted molar refractivity (Wildman–Crippen MR) is 72.3 cm³/mol. The largest absolute Gasteiger partial charge is 0.477 e. The van der Waals surface area contributed by atoms with E-state index in [2.05, 4.69) is 15.3 Å². The normalized spacial score (nSPS) is 10.3. The van der Waals surface area contributed by atoms with Crippen molar-refractivity contribution in [3.63, 3.8) is 0 Å². The molecule has 0 bridgehead atoms. The lowest BCUT2D eigenvalue weighted by Crippen LogP contribution is -2.11. The van der Waals surface area contributed by atoms with Crippen LogP contribution in [0.4, 0.5) is 10.3 Å². The lowest BCUT2D eigenvalue weighted by atomic mass is 10.1. The number of nitrogens with zero attached hydrogens (tertiary/aromatic N) is 2. The number of hydrogen-bond donors (Lipinski definition) is 2. The van der Waals surface area contributed by atoms with E-state index in [-0.39, 0.29) is 17.5 Å². The van der Waals surface area contributed by atoms with Gasteiger partial charge >= 0.3 is 5.97 Å². The number of carbonyl (C=O) groups is 1. The summed E-state index contributed by atoms with van der Waals surface area (Å²) in [5.74, 6) is -1.07. The molecular formula is C14H14FN3O2. The van der Waals surface area contributed by atoms with Gasteiger partial charge in [0.1, 0.15) is 5.82 Å². The monoisotopic (exact) mass is 275 g/mol. The fraction of sp³-hybridized carbons (Fsp3) is 0.214. The van der Waals surface area contributed by atoms with Gasteiger partial charge in [0.15, 0.2) is 5.69 Å². The first-order chi connectivity index (χ1) is 9.54. The third kappa shape index (κ3) is 3.74. The number of halogens is 1. The Morgan fingerprint density at radius 1 is 1.30 bits per heavy atom. The first kappa shape index (κ1) is 13.9. The number of rotatable bonds is 5.